The van der Waals surface area contributed by atoms with Crippen molar-refractivity contribution < 1.29 is 24.0 Å². The topological polar surface area (TPSA) is 120 Å². The van der Waals surface area contributed by atoms with Crippen molar-refractivity contribution in [3.63, 3.8) is 0 Å². The summed E-state index contributed by atoms with van der Waals surface area (Å²) in [4.78, 5) is 34.1. The van der Waals surface area contributed by atoms with Crippen LogP contribution in [-0.2, 0) is 9.53 Å². The second-order valence-electron chi connectivity index (χ2n) is 6.00. The van der Waals surface area contributed by atoms with Crippen molar-refractivity contribution in [1.29, 1.82) is 0 Å². The number of amides is 2. The summed E-state index contributed by atoms with van der Waals surface area (Å²) in [5.74, 6) is -0.307. The summed E-state index contributed by atoms with van der Waals surface area (Å²) in [5.41, 5.74) is -0.753. The minimum atomic E-state index is -0.913. The molecule has 0 bridgehead atoms. The van der Waals surface area contributed by atoms with Crippen LogP contribution in [0.3, 0.4) is 0 Å². The first kappa shape index (κ1) is 19.2. The summed E-state index contributed by atoms with van der Waals surface area (Å²) < 4.78 is 10.1. The van der Waals surface area contributed by atoms with E-state index < -0.39 is 28.6 Å². The molecule has 2 amide bonds. The monoisotopic (exact) mass is 339 g/mol. The van der Waals surface area contributed by atoms with Crippen LogP contribution in [0.5, 0.6) is 5.75 Å². The number of carbonyl (C=O) groups excluding carboxylic acids is 2. The lowest BCUT2D eigenvalue weighted by Gasteiger charge is -2.21. The summed E-state index contributed by atoms with van der Waals surface area (Å²) >= 11 is 0. The number of non-ortho nitro benzene ring substituents is 1. The third kappa shape index (κ3) is 5.75. The maximum absolute atomic E-state index is 12.2. The molecule has 0 saturated carbocycles. The van der Waals surface area contributed by atoms with E-state index in [1.165, 1.54) is 32.2 Å². The predicted molar refractivity (Wildman–Crippen MR) is 87.1 cm³/mol. The molecule has 1 rings (SSSR count). The van der Waals surface area contributed by atoms with E-state index in [2.05, 4.69) is 10.6 Å². The van der Waals surface area contributed by atoms with Crippen LogP contribution in [-0.4, -0.2) is 35.7 Å². The van der Waals surface area contributed by atoms with Gasteiger partial charge in [0.2, 0.25) is 5.91 Å². The fraction of sp³-hybridized carbons (Fsp3) is 0.467. The van der Waals surface area contributed by atoms with Gasteiger partial charge in [-0.2, -0.15) is 0 Å². The highest BCUT2D eigenvalue weighted by Gasteiger charge is 2.22. The Morgan fingerprint density at radius 1 is 1.29 bits per heavy atom. The van der Waals surface area contributed by atoms with Crippen molar-refractivity contribution in [2.75, 3.05) is 12.4 Å². The van der Waals surface area contributed by atoms with Crippen LogP contribution in [0.15, 0.2) is 18.2 Å². The van der Waals surface area contributed by atoms with Crippen LogP contribution in [0.4, 0.5) is 16.2 Å². The van der Waals surface area contributed by atoms with Gasteiger partial charge in [-0.15, -0.1) is 0 Å². The number of hydrogen-bond donors (Lipinski definition) is 2. The van der Waals surface area contributed by atoms with Crippen molar-refractivity contribution in [3.05, 3.63) is 28.3 Å². The molecule has 1 aromatic carbocycles. The van der Waals surface area contributed by atoms with E-state index in [0.29, 0.717) is 0 Å². The number of methoxy groups -OCH3 is 1. The molecular formula is C15H21N3O6. The number of nitrogens with zero attached hydrogens (tertiary/aromatic N) is 1. The number of hydrogen-bond acceptors (Lipinski definition) is 6. The predicted octanol–water partition coefficient (Wildman–Crippen LogP) is 2.46. The Hall–Kier alpha value is -2.84. The Kier molecular flexibility index (Phi) is 6.10. The minimum absolute atomic E-state index is 0.134. The average molecular weight is 339 g/mol. The Labute approximate surface area is 139 Å². The highest BCUT2D eigenvalue weighted by molar-refractivity contribution is 5.97. The third-order valence-electron chi connectivity index (χ3n) is 2.78. The van der Waals surface area contributed by atoms with E-state index in [4.69, 9.17) is 9.47 Å². The van der Waals surface area contributed by atoms with Gasteiger partial charge in [-0.25, -0.2) is 4.79 Å². The molecule has 1 unspecified atom stereocenters. The highest BCUT2D eigenvalue weighted by atomic mass is 16.6. The van der Waals surface area contributed by atoms with E-state index in [1.54, 1.807) is 20.8 Å². The first-order valence-electron chi connectivity index (χ1n) is 7.16. The van der Waals surface area contributed by atoms with Gasteiger partial charge < -0.3 is 20.1 Å². The second-order valence-corrected chi connectivity index (χ2v) is 6.00. The molecule has 1 aromatic rings. The average Bonchev–Trinajstić information content (AvgIpc) is 2.44. The maximum Gasteiger partial charge on any atom is 0.408 e. The highest BCUT2D eigenvalue weighted by Crippen LogP contribution is 2.28. The van der Waals surface area contributed by atoms with Crippen LogP contribution in [0.25, 0.3) is 0 Å². The van der Waals surface area contributed by atoms with Crippen molar-refractivity contribution in [2.24, 2.45) is 0 Å². The molecule has 0 heterocycles. The largest absolute Gasteiger partial charge is 0.495 e. The summed E-state index contributed by atoms with van der Waals surface area (Å²) in [6, 6.07) is 2.90. The maximum atomic E-state index is 12.2. The molecule has 0 aliphatic heterocycles. The molecule has 2 N–H and O–H groups in total. The fourth-order valence-corrected chi connectivity index (χ4v) is 1.70. The van der Waals surface area contributed by atoms with Crippen molar-refractivity contribution >= 4 is 23.4 Å². The number of nitro groups is 1. The molecule has 9 nitrogen and oxygen atoms in total. The van der Waals surface area contributed by atoms with E-state index in [-0.39, 0.29) is 17.1 Å². The summed E-state index contributed by atoms with van der Waals surface area (Å²) in [5, 5.41) is 15.7. The van der Waals surface area contributed by atoms with Crippen LogP contribution in [0, 0.1) is 10.1 Å². The zero-order valence-corrected chi connectivity index (χ0v) is 14.2. The smallest absolute Gasteiger partial charge is 0.408 e. The zero-order chi connectivity index (χ0) is 18.5. The summed E-state index contributed by atoms with van der Waals surface area (Å²) in [6.07, 6.45) is -0.740. The van der Waals surface area contributed by atoms with Crippen LogP contribution < -0.4 is 15.4 Å². The minimum Gasteiger partial charge on any atom is -0.495 e. The van der Waals surface area contributed by atoms with Crippen LogP contribution in [0.2, 0.25) is 0 Å². The van der Waals surface area contributed by atoms with E-state index in [9.17, 15) is 19.7 Å². The molecule has 132 valence electrons. The summed E-state index contributed by atoms with van der Waals surface area (Å²) in [7, 11) is 1.37. The van der Waals surface area contributed by atoms with Gasteiger partial charge in [-0.05, 0) is 33.8 Å². The van der Waals surface area contributed by atoms with Gasteiger partial charge in [0, 0.05) is 12.1 Å². The number of ether oxygens (including phenoxy) is 2. The Morgan fingerprint density at radius 3 is 2.42 bits per heavy atom. The molecule has 0 aliphatic carbocycles. The van der Waals surface area contributed by atoms with E-state index >= 15 is 0 Å². The zero-order valence-electron chi connectivity index (χ0n) is 14.2. The van der Waals surface area contributed by atoms with Gasteiger partial charge in [-0.3, -0.25) is 14.9 Å². The lowest BCUT2D eigenvalue weighted by molar-refractivity contribution is -0.384. The van der Waals surface area contributed by atoms with Gasteiger partial charge >= 0.3 is 6.09 Å². The number of benzene rings is 1. The summed E-state index contributed by atoms with van der Waals surface area (Å²) in [6.45, 7) is 6.56. The molecule has 0 fully saturated rings. The van der Waals surface area contributed by atoms with Crippen LogP contribution in [0.1, 0.15) is 27.7 Å². The molecular weight excluding hydrogens is 318 g/mol. The molecule has 24 heavy (non-hydrogen) atoms. The normalized spacial score (nSPS) is 12.0. The van der Waals surface area contributed by atoms with Gasteiger partial charge in [0.05, 0.1) is 17.7 Å². The van der Waals surface area contributed by atoms with Gasteiger partial charge in [0.25, 0.3) is 5.69 Å². The number of alkyl carbamates (subject to hydrolysis) is 1. The standard InChI is InChI=1S/C15H21N3O6/c1-9(16-14(20)24-15(2,3)4)13(19)17-11-8-10(18(21)22)6-7-12(11)23-5/h6-9H,1-5H3,(H,16,20)(H,17,19). The lowest BCUT2D eigenvalue weighted by atomic mass is 10.2. The molecule has 9 heteroatoms. The number of nitro benzene ring substituents is 1. The van der Waals surface area contributed by atoms with Gasteiger partial charge in [0.15, 0.2) is 0 Å². The third-order valence-corrected chi connectivity index (χ3v) is 2.78. The van der Waals surface area contributed by atoms with Crippen molar-refractivity contribution in [2.45, 2.75) is 39.3 Å². The molecule has 0 aliphatic rings. The first-order valence-corrected chi connectivity index (χ1v) is 7.16. The van der Waals surface area contributed by atoms with Crippen molar-refractivity contribution in [3.8, 4) is 5.75 Å². The number of anilines is 1. The molecule has 0 aromatic heterocycles. The lowest BCUT2D eigenvalue weighted by Crippen LogP contribution is -2.44. The number of carbonyl (C=O) groups is 2. The van der Waals surface area contributed by atoms with Crippen LogP contribution >= 0.6 is 0 Å². The quantitative estimate of drug-likeness (QED) is 0.628. The van der Waals surface area contributed by atoms with Gasteiger partial charge in [0.1, 0.15) is 17.4 Å². The number of nitrogens with one attached hydrogen (secondary N) is 2. The fourth-order valence-electron chi connectivity index (χ4n) is 1.70. The molecule has 1 atom stereocenters. The first-order chi connectivity index (χ1) is 11.0. The SMILES string of the molecule is COc1ccc([N+](=O)[O-])cc1NC(=O)C(C)NC(=O)OC(C)(C)C. The molecule has 0 saturated heterocycles. The van der Waals surface area contributed by atoms with E-state index in [0.717, 1.165) is 0 Å². The Bertz CT molecular complexity index is 639. The molecule has 0 spiro atoms. The van der Waals surface area contributed by atoms with E-state index in [1.807, 2.05) is 0 Å². The molecule has 0 radical (unpaired) electrons. The van der Waals surface area contributed by atoms with Crippen molar-refractivity contribution in [1.82, 2.24) is 5.32 Å². The Morgan fingerprint density at radius 2 is 1.92 bits per heavy atom. The number of rotatable bonds is 5. The second kappa shape index (κ2) is 7.62. The van der Waals surface area contributed by atoms with Gasteiger partial charge in [-0.1, -0.05) is 0 Å². The Balaban J connectivity index is 2.81.